The van der Waals surface area contributed by atoms with E-state index in [0.717, 1.165) is 36.8 Å². The molecule has 3 amide bonds. The summed E-state index contributed by atoms with van der Waals surface area (Å²) in [6.45, 7) is -0.0330. The highest BCUT2D eigenvalue weighted by Gasteiger charge is 2.27. The van der Waals surface area contributed by atoms with Gasteiger partial charge in [0.05, 0.1) is 6.42 Å². The molecule has 0 fully saturated rings. The number of alkyl carbamates (subject to hydrolysis) is 1. The number of amides is 3. The van der Waals surface area contributed by atoms with Crippen molar-refractivity contribution in [3.63, 3.8) is 0 Å². The van der Waals surface area contributed by atoms with Gasteiger partial charge in [-0.1, -0.05) is 42.0 Å². The maximum absolute atomic E-state index is 12.8. The lowest BCUT2D eigenvalue weighted by Crippen LogP contribution is -2.49. The number of carbonyl (C=O) groups excluding carboxylic acids is 3. The van der Waals surface area contributed by atoms with E-state index in [1.807, 2.05) is 24.3 Å². The normalized spacial score (nSPS) is 16.1. The van der Waals surface area contributed by atoms with E-state index in [0.29, 0.717) is 12.1 Å². The standard InChI is InChI=1S/C34H35N5O8/c35-28-29(31(43)30(28)42)38-23-13-11-21(12-14-23)32(44)39-25(18-27(40)41)33(45)36-15-16-37-34(46)47-26-17-22-7-2-1-5-19(22)9-10-20-6-3-4-8-24(20)26/h1-2,4-5,7-8,11-14,25-26,38H,3,6,9-10,15-18,35H2,(H,36,45)(H,37,46)(H,39,44)(H,40,41)/t25-,26?/m0/s1. The largest absolute Gasteiger partial charge is 0.481 e. The minimum absolute atomic E-state index is 0.00682. The number of nitrogen functional groups attached to an aromatic ring is 1. The molecule has 0 heterocycles. The highest BCUT2D eigenvalue weighted by molar-refractivity contribution is 5.98. The second-order valence-electron chi connectivity index (χ2n) is 11.4. The Morgan fingerprint density at radius 2 is 1.64 bits per heavy atom. The summed E-state index contributed by atoms with van der Waals surface area (Å²) in [7, 11) is 0. The Labute approximate surface area is 269 Å². The third kappa shape index (κ3) is 7.93. The summed E-state index contributed by atoms with van der Waals surface area (Å²) in [6.07, 6.45) is 6.62. The van der Waals surface area contributed by atoms with Crippen LogP contribution in [0.5, 0.6) is 0 Å². The summed E-state index contributed by atoms with van der Waals surface area (Å²) in [5.41, 5.74) is 8.98. The number of hydrogen-bond donors (Lipinski definition) is 6. The van der Waals surface area contributed by atoms with Crippen molar-refractivity contribution in [3.8, 4) is 0 Å². The van der Waals surface area contributed by atoms with Crippen molar-refractivity contribution >= 4 is 40.9 Å². The van der Waals surface area contributed by atoms with Gasteiger partial charge in [0.2, 0.25) is 5.91 Å². The zero-order valence-electron chi connectivity index (χ0n) is 25.5. The summed E-state index contributed by atoms with van der Waals surface area (Å²) in [6, 6.07) is 12.4. The highest BCUT2D eigenvalue weighted by atomic mass is 16.6. The minimum atomic E-state index is -1.40. The van der Waals surface area contributed by atoms with Crippen LogP contribution in [-0.4, -0.2) is 54.2 Å². The van der Waals surface area contributed by atoms with E-state index in [4.69, 9.17) is 10.5 Å². The van der Waals surface area contributed by atoms with Gasteiger partial charge in [-0.15, -0.1) is 0 Å². The van der Waals surface area contributed by atoms with Gasteiger partial charge in [0.25, 0.3) is 16.8 Å². The lowest BCUT2D eigenvalue weighted by Gasteiger charge is -2.28. The molecule has 5 rings (SSSR count). The monoisotopic (exact) mass is 641 g/mol. The molecule has 3 aromatic rings. The van der Waals surface area contributed by atoms with Crippen molar-refractivity contribution in [1.29, 1.82) is 0 Å². The summed E-state index contributed by atoms with van der Waals surface area (Å²) in [5, 5.41) is 19.6. The lowest BCUT2D eigenvalue weighted by molar-refractivity contribution is -0.139. The van der Waals surface area contributed by atoms with Gasteiger partial charge in [-0.25, -0.2) is 4.79 Å². The second kappa shape index (κ2) is 14.6. The summed E-state index contributed by atoms with van der Waals surface area (Å²) < 4.78 is 5.87. The highest BCUT2D eigenvalue weighted by Crippen LogP contribution is 2.32. The second-order valence-corrected chi connectivity index (χ2v) is 11.4. The Bertz CT molecular complexity index is 1820. The number of carbonyl (C=O) groups is 4. The third-order valence-corrected chi connectivity index (χ3v) is 8.19. The first-order valence-corrected chi connectivity index (χ1v) is 15.3. The van der Waals surface area contributed by atoms with Crippen molar-refractivity contribution in [2.45, 2.75) is 50.7 Å². The van der Waals surface area contributed by atoms with Crippen molar-refractivity contribution < 1.29 is 29.0 Å². The van der Waals surface area contributed by atoms with Crippen molar-refractivity contribution in [1.82, 2.24) is 16.0 Å². The Morgan fingerprint density at radius 3 is 2.36 bits per heavy atom. The van der Waals surface area contributed by atoms with Crippen LogP contribution >= 0.6 is 0 Å². The molecule has 0 saturated carbocycles. The number of nitrogens with one attached hydrogen (secondary N) is 4. The van der Waals surface area contributed by atoms with Crippen molar-refractivity contribution in [2.24, 2.45) is 0 Å². The molecule has 0 bridgehead atoms. The third-order valence-electron chi connectivity index (χ3n) is 8.19. The SMILES string of the molecule is Nc1c(Nc2ccc(C(=O)N[C@@H](CC(=O)O)C(=O)NCCNC(=O)OC3Cc4ccccc4CCC4=C3C=CCC4)cc2)c(=O)c1=O. The van der Waals surface area contributed by atoms with Crippen molar-refractivity contribution in [2.75, 3.05) is 24.1 Å². The fraction of sp³-hybridized carbons (Fsp3) is 0.294. The van der Waals surface area contributed by atoms with Crippen molar-refractivity contribution in [3.05, 3.63) is 109 Å². The van der Waals surface area contributed by atoms with Crippen LogP contribution < -0.4 is 37.9 Å². The smallest absolute Gasteiger partial charge is 0.407 e. The Kier molecular flexibility index (Phi) is 10.1. The molecule has 47 heavy (non-hydrogen) atoms. The van der Waals surface area contributed by atoms with Gasteiger partial charge in [-0.3, -0.25) is 24.0 Å². The van der Waals surface area contributed by atoms with Crippen LogP contribution in [0.2, 0.25) is 0 Å². The first kappa shape index (κ1) is 32.7. The van der Waals surface area contributed by atoms with Gasteiger partial charge in [-0.05, 0) is 66.6 Å². The molecule has 13 heteroatoms. The number of benzene rings is 2. The summed E-state index contributed by atoms with van der Waals surface area (Å²) in [4.78, 5) is 72.8. The molecule has 0 radical (unpaired) electrons. The molecule has 0 saturated heterocycles. The first-order chi connectivity index (χ1) is 22.6. The zero-order valence-corrected chi connectivity index (χ0v) is 25.5. The number of aliphatic carboxylic acids is 1. The fourth-order valence-corrected chi connectivity index (χ4v) is 5.69. The van der Waals surface area contributed by atoms with Gasteiger partial charge in [0.15, 0.2) is 0 Å². The molecule has 0 spiro atoms. The van der Waals surface area contributed by atoms with Crippen LogP contribution in [0.15, 0.2) is 81.4 Å². The molecule has 244 valence electrons. The van der Waals surface area contributed by atoms with Crippen LogP contribution in [-0.2, 0) is 27.2 Å². The molecule has 2 atom stereocenters. The molecule has 0 aromatic heterocycles. The van der Waals surface area contributed by atoms with E-state index < -0.39 is 53.3 Å². The number of anilines is 3. The molecular weight excluding hydrogens is 606 g/mol. The Morgan fingerprint density at radius 1 is 0.915 bits per heavy atom. The maximum Gasteiger partial charge on any atom is 0.407 e. The van der Waals surface area contributed by atoms with Gasteiger partial charge in [-0.2, -0.15) is 0 Å². The molecule has 7 N–H and O–H groups in total. The van der Waals surface area contributed by atoms with Crippen LogP contribution in [0.3, 0.4) is 0 Å². The number of allylic oxidation sites excluding steroid dienone is 2. The van der Waals surface area contributed by atoms with Crippen LogP contribution in [0, 0.1) is 0 Å². The van der Waals surface area contributed by atoms with Gasteiger partial charge in [0.1, 0.15) is 23.5 Å². The molecule has 13 nitrogen and oxygen atoms in total. The number of nitrogens with two attached hydrogens (primary N) is 1. The van der Waals surface area contributed by atoms with Gasteiger partial charge in [0, 0.05) is 30.8 Å². The van der Waals surface area contributed by atoms with E-state index in [2.05, 4.69) is 33.4 Å². The first-order valence-electron chi connectivity index (χ1n) is 15.3. The predicted octanol–water partition coefficient (Wildman–Crippen LogP) is 2.23. The number of aryl methyl sites for hydroxylation is 1. The van der Waals surface area contributed by atoms with Crippen LogP contribution in [0.1, 0.15) is 47.2 Å². The van der Waals surface area contributed by atoms with Gasteiger partial charge < -0.3 is 36.8 Å². The summed E-state index contributed by atoms with van der Waals surface area (Å²) >= 11 is 0. The lowest BCUT2D eigenvalue weighted by atomic mass is 9.83. The molecular formula is C34H35N5O8. The van der Waals surface area contributed by atoms with Crippen LogP contribution in [0.25, 0.3) is 0 Å². The Hall–Kier alpha value is -5.72. The molecule has 1 unspecified atom stereocenters. The van der Waals surface area contributed by atoms with E-state index in [9.17, 15) is 33.9 Å². The molecule has 0 aliphatic heterocycles. The number of fused-ring (bicyclic) bond motifs is 1. The number of rotatable bonds is 11. The Balaban J connectivity index is 1.12. The zero-order chi connectivity index (χ0) is 33.5. The summed E-state index contributed by atoms with van der Waals surface area (Å²) in [5.74, 6) is -2.76. The number of ether oxygens (including phenoxy) is 1. The average molecular weight is 642 g/mol. The maximum atomic E-state index is 12.8. The van der Waals surface area contributed by atoms with Gasteiger partial charge >= 0.3 is 12.1 Å². The molecule has 2 aliphatic carbocycles. The quantitative estimate of drug-likeness (QED) is 0.133. The van der Waals surface area contributed by atoms with E-state index >= 15 is 0 Å². The van der Waals surface area contributed by atoms with Crippen LogP contribution in [0.4, 0.5) is 21.9 Å². The predicted molar refractivity (Wildman–Crippen MR) is 174 cm³/mol. The average Bonchev–Trinajstić information content (AvgIpc) is 3.06. The van der Waals surface area contributed by atoms with E-state index in [1.165, 1.54) is 35.4 Å². The van der Waals surface area contributed by atoms with E-state index in [-0.39, 0.29) is 30.0 Å². The molecule has 2 aliphatic rings. The number of carboxylic acid groups (broad SMARTS) is 1. The fourth-order valence-electron chi connectivity index (χ4n) is 5.69. The number of hydrogen-bond acceptors (Lipinski definition) is 9. The minimum Gasteiger partial charge on any atom is -0.481 e. The molecule has 3 aromatic carbocycles. The number of carboxylic acids is 1. The topological polar surface area (TPSA) is 206 Å². The van der Waals surface area contributed by atoms with E-state index in [1.54, 1.807) is 0 Å².